The fraction of sp³-hybridized carbons (Fsp3) is 0.250. The van der Waals surface area contributed by atoms with E-state index in [0.29, 0.717) is 42.8 Å². The lowest BCUT2D eigenvalue weighted by molar-refractivity contribution is 0.283. The first-order valence-electron chi connectivity index (χ1n) is 10.3. The number of thiazole rings is 1. The molecule has 2 aromatic carbocycles. The Hall–Kier alpha value is -2.58. The van der Waals surface area contributed by atoms with E-state index < -0.39 is 0 Å². The molecular weight excluding hydrogens is 479 g/mol. The topological polar surface area (TPSA) is 73.5 Å². The zero-order chi connectivity index (χ0) is 22.5. The molecule has 0 radical (unpaired) electrons. The van der Waals surface area contributed by atoms with E-state index in [1.807, 2.05) is 30.3 Å². The number of fused-ring (bicyclic) bond motifs is 1. The molecular formula is C24H26Cl2N4O2S. The molecule has 2 N–H and O–H groups in total. The van der Waals surface area contributed by atoms with Crippen LogP contribution in [0.25, 0.3) is 10.2 Å². The Balaban J connectivity index is 0.00000306. The van der Waals surface area contributed by atoms with Gasteiger partial charge in [0, 0.05) is 32.0 Å². The second kappa shape index (κ2) is 11.5. The summed E-state index contributed by atoms with van der Waals surface area (Å²) < 4.78 is 12.6. The van der Waals surface area contributed by atoms with E-state index in [4.69, 9.17) is 31.8 Å². The van der Waals surface area contributed by atoms with Gasteiger partial charge < -0.3 is 20.1 Å². The molecule has 0 aliphatic carbocycles. The lowest BCUT2D eigenvalue weighted by Gasteiger charge is -2.22. The number of hydrogen-bond acceptors (Lipinski definition) is 7. The first-order chi connectivity index (χ1) is 15.6. The van der Waals surface area contributed by atoms with Crippen LogP contribution in [0, 0.1) is 6.92 Å². The summed E-state index contributed by atoms with van der Waals surface area (Å²) in [5.74, 6) is 1.41. The predicted molar refractivity (Wildman–Crippen MR) is 138 cm³/mol. The van der Waals surface area contributed by atoms with Gasteiger partial charge in [-0.05, 0) is 35.7 Å². The molecule has 0 aliphatic heterocycles. The Morgan fingerprint density at radius 1 is 1.12 bits per heavy atom. The molecule has 0 bridgehead atoms. The zero-order valence-electron chi connectivity index (χ0n) is 18.5. The van der Waals surface area contributed by atoms with E-state index in [0.717, 1.165) is 26.5 Å². The average Bonchev–Trinajstić information content (AvgIpc) is 3.24. The minimum Gasteiger partial charge on any atom is -0.493 e. The van der Waals surface area contributed by atoms with Crippen LogP contribution in [0.2, 0.25) is 5.02 Å². The van der Waals surface area contributed by atoms with Crippen molar-refractivity contribution in [2.75, 3.05) is 25.1 Å². The highest BCUT2D eigenvalue weighted by molar-refractivity contribution is 7.22. The minimum atomic E-state index is 0. The Kier molecular flexibility index (Phi) is 8.74. The van der Waals surface area contributed by atoms with Crippen molar-refractivity contribution < 1.29 is 9.47 Å². The van der Waals surface area contributed by atoms with Crippen LogP contribution in [0.1, 0.15) is 16.7 Å². The van der Waals surface area contributed by atoms with E-state index in [-0.39, 0.29) is 12.4 Å². The molecule has 0 saturated heterocycles. The Morgan fingerprint density at radius 3 is 2.67 bits per heavy atom. The quantitative estimate of drug-likeness (QED) is 0.318. The summed E-state index contributed by atoms with van der Waals surface area (Å²) in [6.07, 6.45) is 3.40. The number of ether oxygens (including phenoxy) is 2. The van der Waals surface area contributed by atoms with Crippen molar-refractivity contribution in [3.63, 3.8) is 0 Å². The summed E-state index contributed by atoms with van der Waals surface area (Å²) in [4.78, 5) is 11.0. The molecule has 4 rings (SSSR count). The van der Waals surface area contributed by atoms with Gasteiger partial charge in [-0.3, -0.25) is 4.98 Å². The summed E-state index contributed by atoms with van der Waals surface area (Å²) >= 11 is 7.82. The monoisotopic (exact) mass is 504 g/mol. The fourth-order valence-corrected chi connectivity index (χ4v) is 4.66. The molecule has 0 amide bonds. The Bertz CT molecular complexity index is 1220. The van der Waals surface area contributed by atoms with Crippen LogP contribution in [0.4, 0.5) is 5.13 Å². The van der Waals surface area contributed by atoms with E-state index in [1.165, 1.54) is 5.56 Å². The van der Waals surface area contributed by atoms with Crippen LogP contribution in [-0.4, -0.2) is 30.2 Å². The molecule has 0 aliphatic rings. The van der Waals surface area contributed by atoms with Crippen molar-refractivity contribution in [2.45, 2.75) is 20.1 Å². The van der Waals surface area contributed by atoms with Crippen molar-refractivity contribution in [2.24, 2.45) is 5.73 Å². The summed E-state index contributed by atoms with van der Waals surface area (Å²) in [6.45, 7) is 4.38. The van der Waals surface area contributed by atoms with Gasteiger partial charge in [0.25, 0.3) is 0 Å². The third-order valence-electron chi connectivity index (χ3n) is 5.16. The van der Waals surface area contributed by atoms with Gasteiger partial charge in [0.1, 0.15) is 12.1 Å². The van der Waals surface area contributed by atoms with Gasteiger partial charge in [0.2, 0.25) is 0 Å². The lowest BCUT2D eigenvalue weighted by Crippen LogP contribution is -2.28. The van der Waals surface area contributed by atoms with Crippen molar-refractivity contribution >= 4 is 50.7 Å². The molecule has 2 aromatic heterocycles. The second-order valence-electron chi connectivity index (χ2n) is 7.38. The number of hydrogen-bond donors (Lipinski definition) is 1. The SMILES string of the molecule is COc1cc(CN(CCN)c2nc3c(Cl)cncc3s2)ccc1OCc1ccccc1C.Cl. The Morgan fingerprint density at radius 2 is 1.94 bits per heavy atom. The molecule has 9 heteroatoms. The molecule has 174 valence electrons. The van der Waals surface area contributed by atoms with Crippen LogP contribution in [0.3, 0.4) is 0 Å². The summed E-state index contributed by atoms with van der Waals surface area (Å²) in [5.41, 5.74) is 10.1. The van der Waals surface area contributed by atoms with Crippen LogP contribution in [0.15, 0.2) is 54.9 Å². The smallest absolute Gasteiger partial charge is 0.186 e. The minimum absolute atomic E-state index is 0. The van der Waals surface area contributed by atoms with Crippen molar-refractivity contribution in [3.8, 4) is 11.5 Å². The van der Waals surface area contributed by atoms with Gasteiger partial charge in [-0.2, -0.15) is 0 Å². The zero-order valence-corrected chi connectivity index (χ0v) is 20.8. The standard InChI is InChI=1S/C24H25ClN4O2S.ClH/c1-16-5-3-4-6-18(16)15-31-20-8-7-17(11-21(20)30-2)14-29(10-9-26)24-28-23-19(25)12-27-13-22(23)32-24;/h3-8,11-13H,9-10,14-15,26H2,1-2H3;1H. The number of aryl methyl sites for hydroxylation is 1. The molecule has 0 spiro atoms. The number of nitrogens with zero attached hydrogens (tertiary/aromatic N) is 3. The van der Waals surface area contributed by atoms with Crippen molar-refractivity contribution in [1.29, 1.82) is 0 Å². The van der Waals surface area contributed by atoms with Crippen LogP contribution in [0.5, 0.6) is 11.5 Å². The molecule has 33 heavy (non-hydrogen) atoms. The highest BCUT2D eigenvalue weighted by Crippen LogP contribution is 2.34. The summed E-state index contributed by atoms with van der Waals surface area (Å²) in [7, 11) is 1.65. The second-order valence-corrected chi connectivity index (χ2v) is 8.79. The number of methoxy groups -OCH3 is 1. The van der Waals surface area contributed by atoms with Crippen LogP contribution >= 0.6 is 35.3 Å². The summed E-state index contributed by atoms with van der Waals surface area (Å²) in [6, 6.07) is 14.2. The van der Waals surface area contributed by atoms with Gasteiger partial charge in [0.05, 0.1) is 16.8 Å². The fourth-order valence-electron chi connectivity index (χ4n) is 3.42. The number of rotatable bonds is 9. The molecule has 6 nitrogen and oxygen atoms in total. The van der Waals surface area contributed by atoms with E-state index >= 15 is 0 Å². The van der Waals surface area contributed by atoms with Crippen molar-refractivity contribution in [1.82, 2.24) is 9.97 Å². The lowest BCUT2D eigenvalue weighted by atomic mass is 10.1. The third-order valence-corrected chi connectivity index (χ3v) is 6.49. The van der Waals surface area contributed by atoms with Gasteiger partial charge in [0.15, 0.2) is 16.6 Å². The third kappa shape index (κ3) is 5.86. The highest BCUT2D eigenvalue weighted by Gasteiger charge is 2.16. The normalized spacial score (nSPS) is 10.7. The molecule has 0 unspecified atom stereocenters. The maximum atomic E-state index is 6.26. The van der Waals surface area contributed by atoms with Gasteiger partial charge >= 0.3 is 0 Å². The molecule has 4 aromatic rings. The number of halogens is 2. The maximum absolute atomic E-state index is 6.26. The number of pyridine rings is 1. The highest BCUT2D eigenvalue weighted by atomic mass is 35.5. The molecule has 2 heterocycles. The largest absolute Gasteiger partial charge is 0.493 e. The first-order valence-corrected chi connectivity index (χ1v) is 11.5. The van der Waals surface area contributed by atoms with Gasteiger partial charge in [-0.1, -0.05) is 53.3 Å². The number of aromatic nitrogens is 2. The average molecular weight is 505 g/mol. The number of anilines is 1. The van der Waals surface area contributed by atoms with Crippen LogP contribution < -0.4 is 20.1 Å². The van der Waals surface area contributed by atoms with Gasteiger partial charge in [-0.25, -0.2) is 4.98 Å². The maximum Gasteiger partial charge on any atom is 0.186 e. The van der Waals surface area contributed by atoms with E-state index in [2.05, 4.69) is 28.9 Å². The van der Waals surface area contributed by atoms with Crippen molar-refractivity contribution in [3.05, 3.63) is 76.6 Å². The molecule has 0 fully saturated rings. The van der Waals surface area contributed by atoms with Gasteiger partial charge in [-0.15, -0.1) is 12.4 Å². The summed E-state index contributed by atoms with van der Waals surface area (Å²) in [5, 5.41) is 1.41. The number of nitrogens with two attached hydrogens (primary N) is 1. The molecule has 0 saturated carbocycles. The predicted octanol–water partition coefficient (Wildman–Crippen LogP) is 5.63. The Labute approximate surface area is 208 Å². The van der Waals surface area contributed by atoms with E-state index in [9.17, 15) is 0 Å². The first kappa shape index (κ1) is 25.1. The van der Waals surface area contributed by atoms with E-state index in [1.54, 1.807) is 30.8 Å². The van der Waals surface area contributed by atoms with Crippen LogP contribution in [-0.2, 0) is 13.2 Å². The molecule has 0 atom stereocenters. The number of benzene rings is 2.